The van der Waals surface area contributed by atoms with Crippen LogP contribution >= 0.6 is 0 Å². The number of fused-ring (bicyclic) bond motifs is 1. The van der Waals surface area contributed by atoms with Crippen molar-refractivity contribution in [3.63, 3.8) is 0 Å². The molecule has 0 saturated carbocycles. The minimum absolute atomic E-state index is 0.131. The zero-order valence-corrected chi connectivity index (χ0v) is 14.9. The Hall–Kier alpha value is -2.96. The van der Waals surface area contributed by atoms with Crippen LogP contribution < -0.4 is 5.32 Å². The molecule has 1 aliphatic heterocycles. The first-order chi connectivity index (χ1) is 12.5. The van der Waals surface area contributed by atoms with Crippen molar-refractivity contribution in [3.05, 3.63) is 53.3 Å². The Bertz CT molecular complexity index is 829. The highest BCUT2D eigenvalue weighted by atomic mass is 16.2. The number of imide groups is 1. The number of unbranched alkanes of at least 4 members (excludes halogenated alkanes) is 1. The van der Waals surface area contributed by atoms with Crippen LogP contribution in [0.15, 0.2) is 36.7 Å². The summed E-state index contributed by atoms with van der Waals surface area (Å²) in [6.45, 7) is 4.84. The van der Waals surface area contributed by atoms with E-state index in [4.69, 9.17) is 0 Å². The maximum absolute atomic E-state index is 12.5. The fourth-order valence-corrected chi connectivity index (χ4v) is 2.99. The minimum Gasteiger partial charge on any atom is -0.348 e. The summed E-state index contributed by atoms with van der Waals surface area (Å²) in [7, 11) is 0. The molecule has 0 saturated heterocycles. The van der Waals surface area contributed by atoms with Crippen LogP contribution in [0.25, 0.3) is 0 Å². The van der Waals surface area contributed by atoms with E-state index in [1.165, 1.54) is 11.0 Å². The molecule has 0 fully saturated rings. The number of carbonyl (C=O) groups excluding carboxylic acids is 3. The Kier molecular flexibility index (Phi) is 5.16. The van der Waals surface area contributed by atoms with Crippen molar-refractivity contribution < 1.29 is 14.4 Å². The standard InChI is InChI=1S/C19H22N4O3/c1-3-4-10-23-18(25)15-7-6-14(11-16(15)19(23)26)17(24)21-13(2)12-22-9-5-8-20-22/h5-9,11,13H,3-4,10,12H2,1-2H3,(H,21,24)/t13-/m1/s1. The predicted molar refractivity (Wildman–Crippen MR) is 95.9 cm³/mol. The average molecular weight is 354 g/mol. The van der Waals surface area contributed by atoms with Crippen LogP contribution in [0.5, 0.6) is 0 Å². The van der Waals surface area contributed by atoms with E-state index in [1.54, 1.807) is 23.0 Å². The third-order valence-corrected chi connectivity index (χ3v) is 4.37. The van der Waals surface area contributed by atoms with E-state index in [2.05, 4.69) is 10.4 Å². The second-order valence-electron chi connectivity index (χ2n) is 6.48. The summed E-state index contributed by atoms with van der Waals surface area (Å²) < 4.78 is 1.74. The van der Waals surface area contributed by atoms with E-state index in [1.807, 2.05) is 26.1 Å². The van der Waals surface area contributed by atoms with E-state index >= 15 is 0 Å². The van der Waals surface area contributed by atoms with E-state index in [-0.39, 0.29) is 23.8 Å². The van der Waals surface area contributed by atoms with Crippen LogP contribution in [0, 0.1) is 0 Å². The Morgan fingerprint density at radius 2 is 2.00 bits per heavy atom. The van der Waals surface area contributed by atoms with Crippen LogP contribution in [-0.4, -0.2) is 45.0 Å². The van der Waals surface area contributed by atoms with Gasteiger partial charge in [0, 0.05) is 30.5 Å². The van der Waals surface area contributed by atoms with Crippen LogP contribution in [0.1, 0.15) is 57.8 Å². The summed E-state index contributed by atoms with van der Waals surface area (Å²) in [4.78, 5) is 38.6. The molecule has 7 heteroatoms. The molecule has 0 unspecified atom stereocenters. The lowest BCUT2D eigenvalue weighted by molar-refractivity contribution is 0.0652. The van der Waals surface area contributed by atoms with E-state index in [0.29, 0.717) is 29.8 Å². The van der Waals surface area contributed by atoms with Gasteiger partial charge in [-0.15, -0.1) is 0 Å². The highest BCUT2D eigenvalue weighted by Gasteiger charge is 2.35. The third-order valence-electron chi connectivity index (χ3n) is 4.37. The summed E-state index contributed by atoms with van der Waals surface area (Å²) in [5.41, 5.74) is 1.04. The molecule has 0 aliphatic carbocycles. The maximum atomic E-state index is 12.5. The lowest BCUT2D eigenvalue weighted by Gasteiger charge is -2.14. The molecule has 26 heavy (non-hydrogen) atoms. The van der Waals surface area contributed by atoms with Crippen LogP contribution in [0.3, 0.4) is 0 Å². The molecule has 1 aliphatic rings. The van der Waals surface area contributed by atoms with Crippen molar-refractivity contribution in [3.8, 4) is 0 Å². The first-order valence-corrected chi connectivity index (χ1v) is 8.79. The summed E-state index contributed by atoms with van der Waals surface area (Å²) in [5.74, 6) is -0.880. The first-order valence-electron chi connectivity index (χ1n) is 8.79. The molecule has 136 valence electrons. The van der Waals surface area contributed by atoms with Crippen molar-refractivity contribution in [1.82, 2.24) is 20.0 Å². The van der Waals surface area contributed by atoms with Crippen LogP contribution in [0.2, 0.25) is 0 Å². The summed E-state index contributed by atoms with van der Waals surface area (Å²) in [6, 6.07) is 6.35. The molecular formula is C19H22N4O3. The second kappa shape index (κ2) is 7.51. The highest BCUT2D eigenvalue weighted by molar-refractivity contribution is 6.22. The van der Waals surface area contributed by atoms with Gasteiger partial charge in [-0.2, -0.15) is 5.10 Å². The Balaban J connectivity index is 1.71. The maximum Gasteiger partial charge on any atom is 0.261 e. The van der Waals surface area contributed by atoms with Crippen molar-refractivity contribution in [2.24, 2.45) is 0 Å². The predicted octanol–water partition coefficient (Wildman–Crippen LogP) is 2.10. The van der Waals surface area contributed by atoms with Gasteiger partial charge >= 0.3 is 0 Å². The molecule has 2 aromatic rings. The number of carbonyl (C=O) groups is 3. The molecule has 1 aromatic heterocycles. The number of hydrogen-bond donors (Lipinski definition) is 1. The lowest BCUT2D eigenvalue weighted by atomic mass is 10.1. The zero-order chi connectivity index (χ0) is 18.7. The summed E-state index contributed by atoms with van der Waals surface area (Å²) in [6.07, 6.45) is 5.17. The number of nitrogens with one attached hydrogen (secondary N) is 1. The monoisotopic (exact) mass is 354 g/mol. The average Bonchev–Trinajstić information content (AvgIpc) is 3.21. The Morgan fingerprint density at radius 3 is 2.69 bits per heavy atom. The number of aromatic nitrogens is 2. The molecule has 1 aromatic carbocycles. The summed E-state index contributed by atoms with van der Waals surface area (Å²) in [5, 5.41) is 7.00. The van der Waals surface area contributed by atoms with E-state index in [0.717, 1.165) is 12.8 Å². The number of rotatable bonds is 7. The minimum atomic E-state index is -0.322. The SMILES string of the molecule is CCCCN1C(=O)c2ccc(C(=O)N[C@H](C)Cn3cccn3)cc2C1=O. The zero-order valence-electron chi connectivity index (χ0n) is 14.9. The van der Waals surface area contributed by atoms with Gasteiger partial charge in [-0.1, -0.05) is 13.3 Å². The molecule has 7 nitrogen and oxygen atoms in total. The van der Waals surface area contributed by atoms with Crippen molar-refractivity contribution >= 4 is 17.7 Å². The van der Waals surface area contributed by atoms with Gasteiger partial charge in [0.1, 0.15) is 0 Å². The van der Waals surface area contributed by atoms with Gasteiger partial charge in [-0.3, -0.25) is 24.0 Å². The Labute approximate surface area is 152 Å². The number of hydrogen-bond acceptors (Lipinski definition) is 4. The molecule has 0 bridgehead atoms. The molecule has 1 N–H and O–H groups in total. The van der Waals surface area contributed by atoms with E-state index in [9.17, 15) is 14.4 Å². The fraction of sp³-hybridized carbons (Fsp3) is 0.368. The van der Waals surface area contributed by atoms with Crippen LogP contribution in [0.4, 0.5) is 0 Å². The van der Waals surface area contributed by atoms with Gasteiger partial charge in [0.25, 0.3) is 17.7 Å². The normalized spacial score (nSPS) is 14.5. The van der Waals surface area contributed by atoms with Crippen LogP contribution in [-0.2, 0) is 6.54 Å². The summed E-state index contributed by atoms with van der Waals surface area (Å²) >= 11 is 0. The number of nitrogens with zero attached hydrogens (tertiary/aromatic N) is 3. The highest BCUT2D eigenvalue weighted by Crippen LogP contribution is 2.24. The topological polar surface area (TPSA) is 84.3 Å². The van der Waals surface area contributed by atoms with Gasteiger partial charge < -0.3 is 5.32 Å². The largest absolute Gasteiger partial charge is 0.348 e. The molecule has 0 radical (unpaired) electrons. The number of amides is 3. The van der Waals surface area contributed by atoms with Crippen molar-refractivity contribution in [2.45, 2.75) is 39.3 Å². The smallest absolute Gasteiger partial charge is 0.261 e. The van der Waals surface area contributed by atoms with Crippen molar-refractivity contribution in [1.29, 1.82) is 0 Å². The first kappa shape index (κ1) is 17.8. The second-order valence-corrected chi connectivity index (χ2v) is 6.48. The van der Waals surface area contributed by atoms with Gasteiger partial charge in [-0.25, -0.2) is 0 Å². The molecule has 3 rings (SSSR count). The molecule has 2 heterocycles. The van der Waals surface area contributed by atoms with E-state index < -0.39 is 0 Å². The van der Waals surface area contributed by atoms with Gasteiger partial charge in [-0.05, 0) is 37.6 Å². The fourth-order valence-electron chi connectivity index (χ4n) is 2.99. The third kappa shape index (κ3) is 3.51. The molecular weight excluding hydrogens is 332 g/mol. The van der Waals surface area contributed by atoms with Gasteiger partial charge in [0.15, 0.2) is 0 Å². The molecule has 0 spiro atoms. The van der Waals surface area contributed by atoms with Gasteiger partial charge in [0.05, 0.1) is 17.7 Å². The van der Waals surface area contributed by atoms with Gasteiger partial charge in [0.2, 0.25) is 0 Å². The Morgan fingerprint density at radius 1 is 1.23 bits per heavy atom. The van der Waals surface area contributed by atoms with Crippen molar-refractivity contribution in [2.75, 3.05) is 6.54 Å². The molecule has 3 amide bonds. The quantitative estimate of drug-likeness (QED) is 0.772. The molecule has 1 atom stereocenters. The number of benzene rings is 1. The lowest BCUT2D eigenvalue weighted by Crippen LogP contribution is -2.35.